The summed E-state index contributed by atoms with van der Waals surface area (Å²) in [4.78, 5) is 7.48. The van der Waals surface area contributed by atoms with Crippen LogP contribution in [0, 0.1) is 0 Å². The zero-order valence-electron chi connectivity index (χ0n) is 34.1. The maximum atomic E-state index is 2.54. The second-order valence-corrected chi connectivity index (χ2v) is 16.9. The normalized spacial score (nSPS) is 12.8. The quantitative estimate of drug-likeness (QED) is 0.156. The van der Waals surface area contributed by atoms with Crippen molar-refractivity contribution >= 4 is 85.1 Å². The van der Waals surface area contributed by atoms with Gasteiger partial charge in [0.25, 0.3) is 6.71 Å². The topological polar surface area (TPSA) is 9.72 Å². The van der Waals surface area contributed by atoms with Crippen LogP contribution in [0.5, 0.6) is 0 Å². The third-order valence-electron chi connectivity index (χ3n) is 12.4. The first-order valence-corrected chi connectivity index (χ1v) is 21.0. The van der Waals surface area contributed by atoms with Gasteiger partial charge < -0.3 is 14.7 Å². The molecule has 0 aliphatic carbocycles. The van der Waals surface area contributed by atoms with Crippen LogP contribution in [0.3, 0.4) is 0 Å². The van der Waals surface area contributed by atoms with Gasteiger partial charge in [0.2, 0.25) is 0 Å². The molecule has 0 bridgehead atoms. The number of fused-ring (bicyclic) bond motifs is 6. The molecular weight excluding hydrogens is 725 g/mol. The van der Waals surface area contributed by atoms with Crippen molar-refractivity contribution in [3.63, 3.8) is 0 Å². The molecule has 0 fully saturated rings. The van der Waals surface area contributed by atoms with E-state index in [0.29, 0.717) is 0 Å². The average Bonchev–Trinajstić information content (AvgIpc) is 3.30. The highest BCUT2D eigenvalue weighted by Gasteiger charge is 2.45. The lowest BCUT2D eigenvalue weighted by atomic mass is 9.32. The first-order valence-electron chi connectivity index (χ1n) is 21.0. The fraction of sp³-hybridized carbons (Fsp3) is 0.0714. The number of benzene rings is 9. The van der Waals surface area contributed by atoms with Crippen LogP contribution in [-0.4, -0.2) is 6.71 Å². The first kappa shape index (κ1) is 35.8. The van der Waals surface area contributed by atoms with E-state index in [-0.39, 0.29) is 12.1 Å². The maximum Gasteiger partial charge on any atom is 0.252 e. The number of hydrogen-bond donors (Lipinski definition) is 0. The summed E-state index contributed by atoms with van der Waals surface area (Å²) in [5.74, 6) is 0. The van der Waals surface area contributed by atoms with Crippen molar-refractivity contribution in [3.05, 3.63) is 218 Å². The molecule has 4 heteroatoms. The van der Waals surface area contributed by atoms with Crippen LogP contribution in [-0.2, 0) is 5.41 Å². The molecule has 2 heterocycles. The molecule has 286 valence electrons. The molecule has 0 N–H and O–H groups in total. The average molecular weight is 770 g/mol. The third kappa shape index (κ3) is 5.74. The highest BCUT2D eigenvalue weighted by molar-refractivity contribution is 7.01. The molecule has 0 aromatic heterocycles. The van der Waals surface area contributed by atoms with E-state index in [9.17, 15) is 0 Å². The van der Waals surface area contributed by atoms with E-state index in [2.05, 4.69) is 248 Å². The predicted octanol–water partition coefficient (Wildman–Crippen LogP) is 13.4. The van der Waals surface area contributed by atoms with Gasteiger partial charge in [-0.1, -0.05) is 166 Å². The minimum atomic E-state index is -0.0486. The number of para-hydroxylation sites is 4. The van der Waals surface area contributed by atoms with E-state index in [1.165, 1.54) is 72.3 Å². The van der Waals surface area contributed by atoms with Crippen molar-refractivity contribution in [2.45, 2.75) is 26.2 Å². The van der Waals surface area contributed by atoms with Crippen molar-refractivity contribution < 1.29 is 0 Å². The fourth-order valence-electron chi connectivity index (χ4n) is 9.66. The monoisotopic (exact) mass is 769 g/mol. The summed E-state index contributed by atoms with van der Waals surface area (Å²) in [5, 5.41) is 2.46. The van der Waals surface area contributed by atoms with Gasteiger partial charge in [-0.15, -0.1) is 0 Å². The molecule has 2 aliphatic heterocycles. The highest BCUT2D eigenvalue weighted by Crippen LogP contribution is 2.49. The van der Waals surface area contributed by atoms with Crippen LogP contribution in [0.15, 0.2) is 212 Å². The smallest absolute Gasteiger partial charge is 0.252 e. The molecule has 0 spiro atoms. The summed E-state index contributed by atoms with van der Waals surface area (Å²) in [7, 11) is 0. The van der Waals surface area contributed by atoms with Crippen LogP contribution in [0.2, 0.25) is 0 Å². The van der Waals surface area contributed by atoms with Crippen LogP contribution < -0.4 is 31.1 Å². The Morgan fingerprint density at radius 2 is 0.967 bits per heavy atom. The summed E-state index contributed by atoms with van der Waals surface area (Å²) in [6.45, 7) is 6.95. The molecule has 11 rings (SSSR count). The van der Waals surface area contributed by atoms with Crippen LogP contribution in [0.1, 0.15) is 26.3 Å². The Bertz CT molecular complexity index is 2990. The molecule has 0 saturated carbocycles. The summed E-state index contributed by atoms with van der Waals surface area (Å²) < 4.78 is 0. The van der Waals surface area contributed by atoms with Gasteiger partial charge in [0, 0.05) is 50.8 Å². The third-order valence-corrected chi connectivity index (χ3v) is 12.4. The molecule has 9 aromatic carbocycles. The Hall–Kier alpha value is -7.30. The molecule has 0 saturated heterocycles. The lowest BCUT2D eigenvalue weighted by Crippen LogP contribution is -2.61. The summed E-state index contributed by atoms with van der Waals surface area (Å²) in [5.41, 5.74) is 18.1. The molecular formula is C56H44BN3. The van der Waals surface area contributed by atoms with Crippen molar-refractivity contribution in [1.82, 2.24) is 0 Å². The first-order chi connectivity index (χ1) is 29.5. The van der Waals surface area contributed by atoms with Crippen molar-refractivity contribution in [1.29, 1.82) is 0 Å². The summed E-state index contributed by atoms with van der Waals surface area (Å²) in [6, 6.07) is 77.9. The summed E-state index contributed by atoms with van der Waals surface area (Å²) in [6.07, 6.45) is 0. The molecule has 60 heavy (non-hydrogen) atoms. The molecule has 2 aliphatic rings. The lowest BCUT2D eigenvalue weighted by Gasteiger charge is -2.45. The second-order valence-electron chi connectivity index (χ2n) is 16.9. The highest BCUT2D eigenvalue weighted by atomic mass is 15.2. The molecule has 3 nitrogen and oxygen atoms in total. The van der Waals surface area contributed by atoms with E-state index in [4.69, 9.17) is 0 Å². The molecule has 0 amide bonds. The fourth-order valence-corrected chi connectivity index (χ4v) is 9.66. The zero-order chi connectivity index (χ0) is 40.4. The van der Waals surface area contributed by atoms with E-state index in [0.717, 1.165) is 22.7 Å². The Labute approximate surface area is 353 Å². The van der Waals surface area contributed by atoms with Crippen molar-refractivity contribution in [2.24, 2.45) is 0 Å². The molecule has 0 radical (unpaired) electrons. The van der Waals surface area contributed by atoms with Crippen molar-refractivity contribution in [2.75, 3.05) is 14.7 Å². The van der Waals surface area contributed by atoms with E-state index in [1.807, 2.05) is 0 Å². The van der Waals surface area contributed by atoms with Gasteiger partial charge in [-0.2, -0.15) is 0 Å². The Kier molecular flexibility index (Phi) is 8.49. The number of rotatable bonds is 6. The van der Waals surface area contributed by atoms with Crippen molar-refractivity contribution in [3.8, 4) is 11.1 Å². The Balaban J connectivity index is 1.26. The van der Waals surface area contributed by atoms with E-state index >= 15 is 0 Å². The lowest BCUT2D eigenvalue weighted by molar-refractivity contribution is 0.591. The molecule has 9 aromatic rings. The minimum Gasteiger partial charge on any atom is -0.311 e. The van der Waals surface area contributed by atoms with Gasteiger partial charge in [-0.25, -0.2) is 0 Å². The second kappa shape index (κ2) is 14.2. The van der Waals surface area contributed by atoms with Crippen LogP contribution in [0.4, 0.5) is 51.2 Å². The standard InChI is InChI=1S/C56H44BN3/c1-56(2,3)40-35-36-49-47(37-40)57-54-46-31-17-16-30-45(46)52(58(41-23-10-5-11-24-41)42-25-12-6-13-26-42)38-53(54)59(43-27-14-7-15-28-43)50-33-20-34-51(55(50)57)60(49)48-32-19-18-29-44(48)39-21-8-4-9-22-39/h4-38H,1-3H3. The number of anilines is 9. The van der Waals surface area contributed by atoms with Gasteiger partial charge >= 0.3 is 0 Å². The van der Waals surface area contributed by atoms with Crippen LogP contribution >= 0.6 is 0 Å². The number of hydrogen-bond acceptors (Lipinski definition) is 3. The maximum absolute atomic E-state index is 2.54. The van der Waals surface area contributed by atoms with Gasteiger partial charge in [-0.05, 0) is 105 Å². The molecule has 0 unspecified atom stereocenters. The zero-order valence-corrected chi connectivity index (χ0v) is 34.1. The Morgan fingerprint density at radius 1 is 0.417 bits per heavy atom. The largest absolute Gasteiger partial charge is 0.311 e. The number of nitrogens with zero attached hydrogens (tertiary/aromatic N) is 3. The van der Waals surface area contributed by atoms with E-state index in [1.54, 1.807) is 0 Å². The summed E-state index contributed by atoms with van der Waals surface area (Å²) >= 11 is 0. The van der Waals surface area contributed by atoms with Gasteiger partial charge in [0.15, 0.2) is 0 Å². The Morgan fingerprint density at radius 3 is 1.63 bits per heavy atom. The SMILES string of the molecule is CC(C)(C)c1ccc2c(c1)B1c3c(cccc3N2c2ccccc2-c2ccccc2)N(c2ccccc2)c2cc(N(c3ccccc3)c3ccccc3)c3ccccc3c21. The molecule has 0 atom stereocenters. The van der Waals surface area contributed by atoms with Crippen LogP contribution in [0.25, 0.3) is 21.9 Å². The van der Waals surface area contributed by atoms with E-state index < -0.39 is 0 Å². The van der Waals surface area contributed by atoms with Gasteiger partial charge in [0.05, 0.1) is 11.4 Å². The minimum absolute atomic E-state index is 0.0375. The van der Waals surface area contributed by atoms with Gasteiger partial charge in [-0.3, -0.25) is 0 Å². The predicted molar refractivity (Wildman–Crippen MR) is 257 cm³/mol. The van der Waals surface area contributed by atoms with Gasteiger partial charge in [0.1, 0.15) is 0 Å².